The van der Waals surface area contributed by atoms with Crippen LogP contribution in [0, 0.1) is 0 Å². The van der Waals surface area contributed by atoms with Crippen LogP contribution in [0.3, 0.4) is 0 Å². The van der Waals surface area contributed by atoms with Crippen molar-refractivity contribution in [1.82, 2.24) is 5.32 Å². The van der Waals surface area contributed by atoms with Crippen LogP contribution in [0.5, 0.6) is 0 Å². The number of hydrogen-bond donors (Lipinski definition) is 2. The number of thioether (sulfide) groups is 2. The summed E-state index contributed by atoms with van der Waals surface area (Å²) in [6.45, 7) is 0.625. The zero-order chi connectivity index (χ0) is 14.9. The first-order valence-electron chi connectivity index (χ1n) is 6.57. The molecule has 4 nitrogen and oxygen atoms in total. The zero-order valence-electron chi connectivity index (χ0n) is 11.8. The van der Waals surface area contributed by atoms with Gasteiger partial charge in [0.05, 0.1) is 12.0 Å². The Kier molecular flexibility index (Phi) is 6.56. The molecule has 6 heteroatoms. The summed E-state index contributed by atoms with van der Waals surface area (Å²) in [5, 5.41) is 5.64. The van der Waals surface area contributed by atoms with Crippen molar-refractivity contribution in [2.75, 3.05) is 23.9 Å². The van der Waals surface area contributed by atoms with E-state index in [4.69, 9.17) is 4.42 Å². The minimum atomic E-state index is -0.175. The average molecular weight is 322 g/mol. The normalized spacial score (nSPS) is 10.3. The van der Waals surface area contributed by atoms with E-state index in [-0.39, 0.29) is 6.03 Å². The molecule has 0 saturated carbocycles. The second-order valence-corrected chi connectivity index (χ2v) is 6.23. The van der Waals surface area contributed by atoms with E-state index in [1.807, 2.05) is 42.7 Å². The van der Waals surface area contributed by atoms with Gasteiger partial charge in [0.15, 0.2) is 0 Å². The lowest BCUT2D eigenvalue weighted by molar-refractivity contribution is 0.252. The van der Waals surface area contributed by atoms with Crippen LogP contribution in [-0.4, -0.2) is 24.6 Å². The number of benzene rings is 1. The lowest BCUT2D eigenvalue weighted by Gasteiger charge is -2.07. The van der Waals surface area contributed by atoms with Crippen LogP contribution in [0.2, 0.25) is 0 Å². The number of hydrogen-bond acceptors (Lipinski definition) is 4. The summed E-state index contributed by atoms with van der Waals surface area (Å²) in [5.74, 6) is 2.63. The second kappa shape index (κ2) is 8.69. The first-order valence-corrected chi connectivity index (χ1v) is 8.95. The van der Waals surface area contributed by atoms with E-state index in [0.29, 0.717) is 6.54 Å². The molecule has 0 fully saturated rings. The largest absolute Gasteiger partial charge is 0.468 e. The smallest absolute Gasteiger partial charge is 0.319 e. The van der Waals surface area contributed by atoms with Gasteiger partial charge in [0.2, 0.25) is 0 Å². The maximum Gasteiger partial charge on any atom is 0.319 e. The summed E-state index contributed by atoms with van der Waals surface area (Å²) in [7, 11) is 0. The molecule has 2 rings (SSSR count). The van der Waals surface area contributed by atoms with Crippen molar-refractivity contribution in [3.8, 4) is 0 Å². The molecule has 0 spiro atoms. The van der Waals surface area contributed by atoms with Gasteiger partial charge in [-0.1, -0.05) is 0 Å². The summed E-state index contributed by atoms with van der Waals surface area (Å²) in [6.07, 6.45) is 3.69. The molecule has 0 unspecified atom stereocenters. The van der Waals surface area contributed by atoms with Crippen molar-refractivity contribution in [2.45, 2.75) is 10.6 Å². The molecule has 1 aromatic carbocycles. The van der Waals surface area contributed by atoms with E-state index in [0.717, 1.165) is 23.0 Å². The Hall–Kier alpha value is -1.53. The van der Waals surface area contributed by atoms with E-state index < -0.39 is 0 Å². The lowest BCUT2D eigenvalue weighted by atomic mass is 10.3. The van der Waals surface area contributed by atoms with E-state index in [1.165, 1.54) is 4.90 Å². The van der Waals surface area contributed by atoms with Crippen LogP contribution >= 0.6 is 23.5 Å². The molecule has 1 heterocycles. The highest BCUT2D eigenvalue weighted by atomic mass is 32.2. The third-order valence-electron chi connectivity index (χ3n) is 2.70. The molecular formula is C15H18N2O2S2. The Bertz CT molecular complexity index is 541. The number of carbonyl (C=O) groups is 1. The number of urea groups is 1. The van der Waals surface area contributed by atoms with Crippen LogP contribution < -0.4 is 10.6 Å². The first kappa shape index (κ1) is 15.9. The van der Waals surface area contributed by atoms with Gasteiger partial charge in [-0.3, -0.25) is 0 Å². The van der Waals surface area contributed by atoms with Crippen LogP contribution in [-0.2, 0) is 5.75 Å². The molecule has 2 amide bonds. The molecular weight excluding hydrogens is 304 g/mol. The summed E-state index contributed by atoms with van der Waals surface area (Å²) < 4.78 is 5.24. The molecule has 0 radical (unpaired) electrons. The molecule has 0 saturated heterocycles. The SMILES string of the molecule is CSc1ccc(NC(=O)NCCSCc2ccco2)cc1. The molecule has 0 aliphatic carbocycles. The molecule has 112 valence electrons. The molecule has 2 N–H and O–H groups in total. The number of nitrogens with one attached hydrogen (secondary N) is 2. The van der Waals surface area contributed by atoms with Crippen LogP contribution in [0.1, 0.15) is 5.76 Å². The molecule has 0 aliphatic heterocycles. The van der Waals surface area contributed by atoms with Gasteiger partial charge in [0.25, 0.3) is 0 Å². The standard InChI is InChI=1S/C15H18N2O2S2/c1-20-14-6-4-12(5-7-14)17-15(18)16-8-10-21-11-13-3-2-9-19-13/h2-7,9H,8,10-11H2,1H3,(H2,16,17,18). The monoisotopic (exact) mass is 322 g/mol. The first-order chi connectivity index (χ1) is 10.3. The Labute approximate surface area is 133 Å². The van der Waals surface area contributed by atoms with Gasteiger partial charge in [-0.05, 0) is 42.7 Å². The van der Waals surface area contributed by atoms with Gasteiger partial charge < -0.3 is 15.1 Å². The molecule has 1 aromatic heterocycles. The summed E-state index contributed by atoms with van der Waals surface area (Å²) >= 11 is 3.40. The van der Waals surface area contributed by atoms with E-state index in [1.54, 1.807) is 29.8 Å². The van der Waals surface area contributed by atoms with Crippen molar-refractivity contribution in [3.63, 3.8) is 0 Å². The maximum absolute atomic E-state index is 11.7. The fraction of sp³-hybridized carbons (Fsp3) is 0.267. The molecule has 0 aliphatic rings. The van der Waals surface area contributed by atoms with Crippen molar-refractivity contribution in [2.24, 2.45) is 0 Å². The van der Waals surface area contributed by atoms with E-state index >= 15 is 0 Å². The highest BCUT2D eigenvalue weighted by Crippen LogP contribution is 2.17. The maximum atomic E-state index is 11.7. The predicted molar refractivity (Wildman–Crippen MR) is 90.1 cm³/mol. The Morgan fingerprint density at radius 1 is 1.24 bits per heavy atom. The van der Waals surface area contributed by atoms with E-state index in [2.05, 4.69) is 10.6 Å². The molecule has 2 aromatic rings. The van der Waals surface area contributed by atoms with Gasteiger partial charge in [0, 0.05) is 22.9 Å². The lowest BCUT2D eigenvalue weighted by Crippen LogP contribution is -2.30. The summed E-state index contributed by atoms with van der Waals surface area (Å²) in [5.41, 5.74) is 0.800. The number of furan rings is 1. The van der Waals surface area contributed by atoms with Crippen LogP contribution in [0.15, 0.2) is 52.0 Å². The van der Waals surface area contributed by atoms with Gasteiger partial charge in [-0.15, -0.1) is 11.8 Å². The number of rotatable bonds is 7. The van der Waals surface area contributed by atoms with Gasteiger partial charge >= 0.3 is 6.03 Å². The zero-order valence-corrected chi connectivity index (χ0v) is 13.4. The number of anilines is 1. The number of carbonyl (C=O) groups excluding carboxylic acids is 1. The van der Waals surface area contributed by atoms with Gasteiger partial charge in [-0.25, -0.2) is 4.79 Å². The highest BCUT2D eigenvalue weighted by Gasteiger charge is 2.01. The van der Waals surface area contributed by atoms with Crippen molar-refractivity contribution < 1.29 is 9.21 Å². The van der Waals surface area contributed by atoms with Crippen LogP contribution in [0.4, 0.5) is 10.5 Å². The average Bonchev–Trinajstić information content (AvgIpc) is 3.01. The summed E-state index contributed by atoms with van der Waals surface area (Å²) in [4.78, 5) is 12.9. The topological polar surface area (TPSA) is 54.3 Å². The van der Waals surface area contributed by atoms with Crippen LogP contribution in [0.25, 0.3) is 0 Å². The fourth-order valence-corrected chi connectivity index (χ4v) is 2.82. The minimum absolute atomic E-state index is 0.175. The second-order valence-electron chi connectivity index (χ2n) is 4.24. The Balaban J connectivity index is 1.60. The fourth-order valence-electron chi connectivity index (χ4n) is 1.65. The number of amides is 2. The van der Waals surface area contributed by atoms with Crippen molar-refractivity contribution in [1.29, 1.82) is 0 Å². The molecule has 0 bridgehead atoms. The van der Waals surface area contributed by atoms with Crippen molar-refractivity contribution >= 4 is 35.2 Å². The molecule has 21 heavy (non-hydrogen) atoms. The molecule has 0 atom stereocenters. The highest BCUT2D eigenvalue weighted by molar-refractivity contribution is 7.98. The van der Waals surface area contributed by atoms with E-state index in [9.17, 15) is 4.79 Å². The Morgan fingerprint density at radius 2 is 2.05 bits per heavy atom. The Morgan fingerprint density at radius 3 is 2.71 bits per heavy atom. The quantitative estimate of drug-likeness (QED) is 0.596. The minimum Gasteiger partial charge on any atom is -0.468 e. The van der Waals surface area contributed by atoms with Gasteiger partial charge in [-0.2, -0.15) is 11.8 Å². The third kappa shape index (κ3) is 5.77. The van der Waals surface area contributed by atoms with Crippen molar-refractivity contribution in [3.05, 3.63) is 48.4 Å². The predicted octanol–water partition coefficient (Wildman–Crippen LogP) is 4.06. The summed E-state index contributed by atoms with van der Waals surface area (Å²) in [6, 6.07) is 11.4. The van der Waals surface area contributed by atoms with Gasteiger partial charge in [0.1, 0.15) is 5.76 Å². The third-order valence-corrected chi connectivity index (χ3v) is 4.43.